The molecule has 5 heteroatoms. The Morgan fingerprint density at radius 3 is 2.79 bits per heavy atom. The average molecular weight is 333 g/mol. The molecule has 7 atom stereocenters. The summed E-state index contributed by atoms with van der Waals surface area (Å²) in [6.07, 6.45) is 5.97. The van der Waals surface area contributed by atoms with E-state index in [2.05, 4.69) is 25.2 Å². The summed E-state index contributed by atoms with van der Waals surface area (Å²) >= 11 is 0. The van der Waals surface area contributed by atoms with Crippen LogP contribution in [0.1, 0.15) is 52.4 Å². The van der Waals surface area contributed by atoms with E-state index in [1.807, 2.05) is 0 Å². The smallest absolute Gasteiger partial charge is 0.307 e. The summed E-state index contributed by atoms with van der Waals surface area (Å²) in [7, 11) is 0. The third kappa shape index (κ3) is 1.97. The van der Waals surface area contributed by atoms with Crippen LogP contribution < -0.4 is 5.32 Å². The zero-order valence-electron chi connectivity index (χ0n) is 14.4. The van der Waals surface area contributed by atoms with E-state index in [4.69, 9.17) is 0 Å². The van der Waals surface area contributed by atoms with Crippen molar-refractivity contribution in [2.24, 2.45) is 34.5 Å². The van der Waals surface area contributed by atoms with Crippen LogP contribution in [0.3, 0.4) is 0 Å². The van der Waals surface area contributed by atoms with Crippen molar-refractivity contribution in [3.05, 3.63) is 11.8 Å². The van der Waals surface area contributed by atoms with Crippen molar-refractivity contribution in [2.45, 2.75) is 58.5 Å². The number of nitrogens with one attached hydrogen (secondary N) is 1. The number of aliphatic carboxylic acids is 1. The summed E-state index contributed by atoms with van der Waals surface area (Å²) in [6, 6.07) is 0. The lowest BCUT2D eigenvalue weighted by atomic mass is 9.48. The predicted octanol–water partition coefficient (Wildman–Crippen LogP) is 2.30. The van der Waals surface area contributed by atoms with Gasteiger partial charge in [-0.25, -0.2) is 0 Å². The fourth-order valence-corrected chi connectivity index (χ4v) is 6.74. The largest absolute Gasteiger partial charge is 0.481 e. The van der Waals surface area contributed by atoms with Crippen LogP contribution in [-0.4, -0.2) is 28.2 Å². The van der Waals surface area contributed by atoms with Gasteiger partial charge < -0.3 is 15.5 Å². The van der Waals surface area contributed by atoms with E-state index in [0.717, 1.165) is 31.4 Å². The van der Waals surface area contributed by atoms with Gasteiger partial charge in [-0.1, -0.05) is 19.9 Å². The van der Waals surface area contributed by atoms with Crippen LogP contribution in [0.25, 0.3) is 0 Å². The van der Waals surface area contributed by atoms with Crippen LogP contribution in [0.2, 0.25) is 0 Å². The molecule has 0 bridgehead atoms. The van der Waals surface area contributed by atoms with Gasteiger partial charge in [-0.2, -0.15) is 0 Å². The Morgan fingerprint density at radius 1 is 1.33 bits per heavy atom. The maximum atomic E-state index is 11.8. The lowest BCUT2D eigenvalue weighted by Crippen LogP contribution is -2.58. The molecule has 4 rings (SSSR count). The highest BCUT2D eigenvalue weighted by molar-refractivity contribution is 5.79. The molecule has 1 amide bonds. The van der Waals surface area contributed by atoms with Gasteiger partial charge in [0.2, 0.25) is 5.91 Å². The molecule has 0 radical (unpaired) electrons. The highest BCUT2D eigenvalue weighted by Gasteiger charge is 2.63. The van der Waals surface area contributed by atoms with Crippen LogP contribution >= 0.6 is 0 Å². The number of aliphatic hydroxyl groups is 1. The highest BCUT2D eigenvalue weighted by Crippen LogP contribution is 2.65. The SMILES string of the molecule is CC12CCC(=O)NC1=CCC1C2C(O)CC2(C)C(C(=O)O)CCC12. The molecule has 3 N–H and O–H groups in total. The number of carbonyl (C=O) groups is 2. The van der Waals surface area contributed by atoms with Gasteiger partial charge in [0.15, 0.2) is 0 Å². The molecule has 2 saturated carbocycles. The molecule has 0 aromatic heterocycles. The van der Waals surface area contributed by atoms with Crippen molar-refractivity contribution in [3.8, 4) is 0 Å². The Kier molecular flexibility index (Phi) is 3.41. The van der Waals surface area contributed by atoms with Crippen LogP contribution in [0.4, 0.5) is 0 Å². The first kappa shape index (κ1) is 16.1. The Morgan fingerprint density at radius 2 is 2.08 bits per heavy atom. The van der Waals surface area contributed by atoms with Gasteiger partial charge in [0.1, 0.15) is 0 Å². The maximum absolute atomic E-state index is 11.8. The second kappa shape index (κ2) is 5.07. The first-order chi connectivity index (χ1) is 11.3. The van der Waals surface area contributed by atoms with Crippen molar-refractivity contribution >= 4 is 11.9 Å². The number of amides is 1. The van der Waals surface area contributed by atoms with Gasteiger partial charge in [-0.15, -0.1) is 0 Å². The molecule has 1 saturated heterocycles. The molecule has 0 spiro atoms. The maximum Gasteiger partial charge on any atom is 0.307 e. The monoisotopic (exact) mass is 333 g/mol. The summed E-state index contributed by atoms with van der Waals surface area (Å²) in [6.45, 7) is 4.25. The summed E-state index contributed by atoms with van der Waals surface area (Å²) in [5.74, 6) is -0.217. The number of piperidine rings is 1. The van der Waals surface area contributed by atoms with Gasteiger partial charge >= 0.3 is 5.97 Å². The third-order valence-electron chi connectivity index (χ3n) is 7.84. The van der Waals surface area contributed by atoms with Crippen LogP contribution in [0.15, 0.2) is 11.8 Å². The number of aliphatic hydroxyl groups excluding tert-OH is 1. The Balaban J connectivity index is 1.73. The molecule has 0 aromatic rings. The molecule has 4 aliphatic rings. The van der Waals surface area contributed by atoms with Gasteiger partial charge in [0.25, 0.3) is 0 Å². The number of carbonyl (C=O) groups excluding carboxylic acids is 1. The van der Waals surface area contributed by atoms with E-state index in [1.165, 1.54) is 0 Å². The van der Waals surface area contributed by atoms with Crippen LogP contribution in [-0.2, 0) is 9.59 Å². The lowest BCUT2D eigenvalue weighted by Gasteiger charge is -2.58. The first-order valence-corrected chi connectivity index (χ1v) is 9.19. The molecule has 1 aliphatic heterocycles. The summed E-state index contributed by atoms with van der Waals surface area (Å²) in [5, 5.41) is 23.7. The van der Waals surface area contributed by atoms with Crippen molar-refractivity contribution < 1.29 is 19.8 Å². The highest BCUT2D eigenvalue weighted by atomic mass is 16.4. The minimum Gasteiger partial charge on any atom is -0.481 e. The molecule has 24 heavy (non-hydrogen) atoms. The zero-order valence-corrected chi connectivity index (χ0v) is 14.4. The molecular weight excluding hydrogens is 306 g/mol. The number of rotatable bonds is 1. The summed E-state index contributed by atoms with van der Waals surface area (Å²) in [5.41, 5.74) is 0.473. The standard InChI is InChI=1S/C19H27NO4/c1-18-8-7-15(22)20-14(18)6-3-10-11-4-5-12(17(23)24)19(11,2)9-13(21)16(10)18/h6,10-13,16,21H,3-5,7-9H2,1-2H3,(H,20,22)(H,23,24). The molecule has 1 heterocycles. The number of carboxylic acids is 1. The van der Waals surface area contributed by atoms with Crippen molar-refractivity contribution in [3.63, 3.8) is 0 Å². The summed E-state index contributed by atoms with van der Waals surface area (Å²) < 4.78 is 0. The van der Waals surface area contributed by atoms with Crippen LogP contribution in [0, 0.1) is 34.5 Å². The molecular formula is C19H27NO4. The predicted molar refractivity (Wildman–Crippen MR) is 87.7 cm³/mol. The van der Waals surface area contributed by atoms with Gasteiger partial charge in [0, 0.05) is 17.5 Å². The topological polar surface area (TPSA) is 86.6 Å². The zero-order chi connectivity index (χ0) is 17.3. The van der Waals surface area contributed by atoms with Crippen molar-refractivity contribution in [1.29, 1.82) is 0 Å². The second-order valence-electron chi connectivity index (χ2n) is 8.86. The van der Waals surface area contributed by atoms with E-state index >= 15 is 0 Å². The molecule has 3 aliphatic carbocycles. The molecule has 0 aromatic carbocycles. The van der Waals surface area contributed by atoms with E-state index in [1.54, 1.807) is 0 Å². The number of carboxylic acid groups (broad SMARTS) is 1. The van der Waals surface area contributed by atoms with Crippen molar-refractivity contribution in [2.75, 3.05) is 0 Å². The minimum atomic E-state index is -0.714. The average Bonchev–Trinajstić information content (AvgIpc) is 2.84. The quantitative estimate of drug-likeness (QED) is 0.687. The Bertz CT molecular complexity index is 629. The third-order valence-corrected chi connectivity index (χ3v) is 7.84. The fourth-order valence-electron chi connectivity index (χ4n) is 6.74. The number of fused-ring (bicyclic) bond motifs is 5. The minimum absolute atomic E-state index is 0.0686. The number of hydrogen-bond acceptors (Lipinski definition) is 3. The number of allylic oxidation sites excluding steroid dienone is 2. The Labute approximate surface area is 142 Å². The molecule has 5 nitrogen and oxygen atoms in total. The van der Waals surface area contributed by atoms with Gasteiger partial charge in [-0.05, 0) is 55.3 Å². The molecule has 7 unspecified atom stereocenters. The van der Waals surface area contributed by atoms with Crippen molar-refractivity contribution in [1.82, 2.24) is 5.32 Å². The normalized spacial score (nSPS) is 50.2. The fraction of sp³-hybridized carbons (Fsp3) is 0.789. The Hall–Kier alpha value is -1.36. The van der Waals surface area contributed by atoms with E-state index in [0.29, 0.717) is 24.7 Å². The second-order valence-corrected chi connectivity index (χ2v) is 8.86. The first-order valence-electron chi connectivity index (χ1n) is 9.19. The lowest BCUT2D eigenvalue weighted by molar-refractivity contribution is -0.157. The van der Waals surface area contributed by atoms with Crippen LogP contribution in [0.5, 0.6) is 0 Å². The van der Waals surface area contributed by atoms with Gasteiger partial charge in [0.05, 0.1) is 12.0 Å². The van der Waals surface area contributed by atoms with Gasteiger partial charge in [-0.3, -0.25) is 9.59 Å². The molecule has 3 fully saturated rings. The summed E-state index contributed by atoms with van der Waals surface area (Å²) in [4.78, 5) is 23.5. The van der Waals surface area contributed by atoms with E-state index < -0.39 is 12.1 Å². The molecule has 132 valence electrons. The van der Waals surface area contributed by atoms with E-state index in [-0.39, 0.29) is 28.6 Å². The van der Waals surface area contributed by atoms with E-state index in [9.17, 15) is 19.8 Å². The number of hydrogen-bond donors (Lipinski definition) is 3.